The minimum absolute atomic E-state index is 0.838. The molecule has 0 spiro atoms. The fourth-order valence-corrected chi connectivity index (χ4v) is 22.8. The number of para-hydroxylation sites is 6. The minimum atomic E-state index is 0.838. The van der Waals surface area contributed by atoms with Crippen molar-refractivity contribution < 1.29 is 8.83 Å². The summed E-state index contributed by atoms with van der Waals surface area (Å²) in [6.45, 7) is 0. The van der Waals surface area contributed by atoms with Crippen LogP contribution in [0.1, 0.15) is 0 Å². The third-order valence-electron chi connectivity index (χ3n) is 30.2. The Morgan fingerprint density at radius 2 is 0.427 bits per heavy atom. The number of furan rings is 2. The van der Waals surface area contributed by atoms with Crippen molar-refractivity contribution in [1.29, 1.82) is 0 Å². The van der Waals surface area contributed by atoms with Crippen LogP contribution in [0.5, 0.6) is 0 Å². The second-order valence-electron chi connectivity index (χ2n) is 38.9. The van der Waals surface area contributed by atoms with Crippen LogP contribution in [0.3, 0.4) is 0 Å². The molecule has 150 heavy (non-hydrogen) atoms. The molecule has 0 aliphatic carbocycles. The van der Waals surface area contributed by atoms with Gasteiger partial charge in [-0.1, -0.05) is 425 Å². The second kappa shape index (κ2) is 37.4. The van der Waals surface area contributed by atoms with E-state index >= 15 is 0 Å². The van der Waals surface area contributed by atoms with Gasteiger partial charge in [-0.2, -0.15) is 0 Å². The number of anilines is 6. The van der Waals surface area contributed by atoms with E-state index in [1.807, 2.05) is 6.07 Å². The van der Waals surface area contributed by atoms with E-state index in [1.165, 1.54) is 66.1 Å². The van der Waals surface area contributed by atoms with Gasteiger partial charge in [-0.25, -0.2) is 0 Å². The van der Waals surface area contributed by atoms with Crippen molar-refractivity contribution in [3.8, 4) is 156 Å². The predicted octanol–water partition coefficient (Wildman–Crippen LogP) is 40.3. The van der Waals surface area contributed by atoms with E-state index in [1.54, 1.807) is 0 Å². The van der Waals surface area contributed by atoms with Crippen LogP contribution < -0.4 is 9.80 Å². The number of fused-ring (bicyclic) bond motifs is 12. The lowest BCUT2D eigenvalue weighted by molar-refractivity contribution is 0.666. The van der Waals surface area contributed by atoms with Crippen LogP contribution in [-0.2, 0) is 0 Å². The van der Waals surface area contributed by atoms with Gasteiger partial charge in [-0.3, -0.25) is 0 Å². The van der Waals surface area contributed by atoms with Gasteiger partial charge < -0.3 is 27.8 Å². The number of nitrogens with zero attached hydrogens (tertiary/aromatic N) is 4. The molecule has 24 aromatic carbocycles. The van der Waals surface area contributed by atoms with Gasteiger partial charge in [0.1, 0.15) is 16.7 Å². The summed E-state index contributed by atoms with van der Waals surface area (Å²) in [5.74, 6) is 0. The molecule has 0 saturated heterocycles. The Labute approximate surface area is 869 Å². The van der Waals surface area contributed by atoms with Crippen molar-refractivity contribution >= 4 is 122 Å². The van der Waals surface area contributed by atoms with Crippen LogP contribution in [0.25, 0.3) is 244 Å². The fourth-order valence-electron chi connectivity index (χ4n) is 22.8. The zero-order valence-electron chi connectivity index (χ0n) is 81.9. The van der Waals surface area contributed by atoms with Gasteiger partial charge in [0.15, 0.2) is 5.58 Å². The molecule has 0 aliphatic rings. The molecule has 0 bridgehead atoms. The maximum Gasteiger partial charge on any atom is 0.159 e. The molecule has 0 aliphatic heterocycles. The lowest BCUT2D eigenvalue weighted by atomic mass is 9.94. The summed E-state index contributed by atoms with van der Waals surface area (Å²) in [4.78, 5) is 4.83. The van der Waals surface area contributed by atoms with Crippen molar-refractivity contribution in [2.24, 2.45) is 0 Å². The van der Waals surface area contributed by atoms with Crippen LogP contribution in [0.15, 0.2) is 579 Å². The number of hydrogen-bond acceptors (Lipinski definition) is 4. The lowest BCUT2D eigenvalue weighted by Gasteiger charge is -2.28. The summed E-state index contributed by atoms with van der Waals surface area (Å²) in [6, 6.07) is 208. The van der Waals surface area contributed by atoms with Crippen LogP contribution in [0.4, 0.5) is 34.1 Å². The Bertz CT molecular complexity index is 9880. The van der Waals surface area contributed by atoms with E-state index in [-0.39, 0.29) is 0 Å². The number of aromatic nitrogens is 2. The molecule has 0 fully saturated rings. The fraction of sp³-hybridized carbons (Fsp3) is 0. The Balaban J connectivity index is 0.462. The minimum Gasteiger partial charge on any atom is -0.456 e. The molecular formula is C144H94N4O2. The second-order valence-corrected chi connectivity index (χ2v) is 38.9. The van der Waals surface area contributed by atoms with E-state index in [0.717, 1.165) is 212 Å². The monoisotopic (exact) mass is 1910 g/mol. The van der Waals surface area contributed by atoms with E-state index < -0.39 is 0 Å². The molecule has 6 nitrogen and oxygen atoms in total. The Morgan fingerprint density at radius 1 is 0.147 bits per heavy atom. The quantitative estimate of drug-likeness (QED) is 0.0719. The summed E-state index contributed by atoms with van der Waals surface area (Å²) in [5, 5.41) is 9.07. The normalized spacial score (nSPS) is 11.6. The molecular weight excluding hydrogens is 1820 g/mol. The standard InChI is InChI=1S/C144H94N4O2/c1-4-26-95(27-5-1)98-54-60-101(61-55-98)105-70-79-117(80-71-105)145(118-81-72-106(73-82-118)102-62-56-99(57-63-102)96-28-6-2-7-29-96)132-46-15-10-38-122(132)113-34-21-36-115(91-113)124-43-23-50-136-142(124)129-41-12-17-48-134(129)147(136)121-87-89-140-131(94-121)127-88-78-112(93-141(127)149-140)111-33-20-32-110(90-111)109-68-66-104(67-69-109)108-76-85-120(86-77-108)146(119-83-74-107(75-84-119)103-64-58-100(59-65-103)97-30-8-3-9-31-97)133-47-16-11-39-123(133)114-35-22-37-116(92-114)125-44-24-51-137-143(125)130-42-13-18-49-135(130)148(137)138-52-25-45-128-126-40-14-19-53-139(126)150-144(128)138/h1-94H. The van der Waals surface area contributed by atoms with E-state index in [0.29, 0.717) is 0 Å². The lowest BCUT2D eigenvalue weighted by Crippen LogP contribution is -2.11. The molecule has 0 unspecified atom stereocenters. The summed E-state index contributed by atoms with van der Waals surface area (Å²) >= 11 is 0. The third kappa shape index (κ3) is 15.9. The molecule has 4 aromatic heterocycles. The highest BCUT2D eigenvalue weighted by molar-refractivity contribution is 6.19. The largest absolute Gasteiger partial charge is 0.456 e. The van der Waals surface area contributed by atoms with Crippen molar-refractivity contribution in [1.82, 2.24) is 9.13 Å². The van der Waals surface area contributed by atoms with E-state index in [4.69, 9.17) is 8.83 Å². The van der Waals surface area contributed by atoms with Crippen LogP contribution >= 0.6 is 0 Å². The van der Waals surface area contributed by atoms with Crippen LogP contribution in [0, 0.1) is 0 Å². The highest BCUT2D eigenvalue weighted by Crippen LogP contribution is 2.51. The molecule has 28 aromatic rings. The first-order valence-corrected chi connectivity index (χ1v) is 51.4. The predicted molar refractivity (Wildman–Crippen MR) is 630 cm³/mol. The number of rotatable bonds is 21. The van der Waals surface area contributed by atoms with E-state index in [9.17, 15) is 0 Å². The molecule has 0 amide bonds. The van der Waals surface area contributed by atoms with Crippen molar-refractivity contribution in [2.75, 3.05) is 9.80 Å². The molecule has 0 N–H and O–H groups in total. The smallest absolute Gasteiger partial charge is 0.159 e. The Kier molecular flexibility index (Phi) is 21.9. The average Bonchev–Trinajstić information content (AvgIpc) is 1.57. The van der Waals surface area contributed by atoms with Gasteiger partial charge in [-0.05, 0) is 279 Å². The topological polar surface area (TPSA) is 42.6 Å². The summed E-state index contributed by atoms with van der Waals surface area (Å²) in [6.07, 6.45) is 0. The summed E-state index contributed by atoms with van der Waals surface area (Å²) in [7, 11) is 0. The molecule has 28 rings (SSSR count). The summed E-state index contributed by atoms with van der Waals surface area (Å²) in [5.41, 5.74) is 46.2. The van der Waals surface area contributed by atoms with Crippen molar-refractivity contribution in [2.45, 2.75) is 0 Å². The SMILES string of the molecule is c1ccc(-c2ccc(-c3ccc(N(c4ccc(-c5ccc(-c6ccccc6)cc5)cc4)c4ccccc4-c4cccc(-c5cccc6c5c5ccccc5n6-c5ccc6oc7cc(-c8cccc(-c9ccc(-c%10ccc(N(c%11ccc(-c%12ccc(-c%13ccccc%13)cc%12)cc%11)c%11ccccc%11-c%11cccc(-c%12cccc%13c%12c%12ccccc%12n%13-c%12cccc%13c%12oc%12ccccc%12%13)c%11)cc%10)cc9)c8)ccc7c6c5)c4)cc3)cc2)cc1. The number of benzene rings is 24. The van der Waals surface area contributed by atoms with Crippen molar-refractivity contribution in [3.63, 3.8) is 0 Å². The maximum absolute atomic E-state index is 6.87. The van der Waals surface area contributed by atoms with Gasteiger partial charge in [-0.15, -0.1) is 0 Å². The van der Waals surface area contributed by atoms with Crippen LogP contribution in [-0.4, -0.2) is 9.13 Å². The third-order valence-corrected chi connectivity index (χ3v) is 30.2. The Hall–Kier alpha value is -19.9. The van der Waals surface area contributed by atoms with E-state index in [2.05, 4.69) is 583 Å². The highest BCUT2D eigenvalue weighted by Gasteiger charge is 2.27. The molecule has 702 valence electrons. The average molecular weight is 1910 g/mol. The highest BCUT2D eigenvalue weighted by atomic mass is 16.3. The van der Waals surface area contributed by atoms with Gasteiger partial charge in [0.2, 0.25) is 0 Å². The van der Waals surface area contributed by atoms with Crippen molar-refractivity contribution in [3.05, 3.63) is 570 Å². The molecule has 6 heteroatoms. The first kappa shape index (κ1) is 87.8. The van der Waals surface area contributed by atoms with Gasteiger partial charge in [0, 0.05) is 82.7 Å². The van der Waals surface area contributed by atoms with Crippen LogP contribution in [0.2, 0.25) is 0 Å². The molecule has 0 atom stereocenters. The van der Waals surface area contributed by atoms with Gasteiger partial charge >= 0.3 is 0 Å². The molecule has 0 radical (unpaired) electrons. The number of hydrogen-bond donors (Lipinski definition) is 0. The van der Waals surface area contributed by atoms with Gasteiger partial charge in [0.25, 0.3) is 0 Å². The molecule has 0 saturated carbocycles. The van der Waals surface area contributed by atoms with Gasteiger partial charge in [0.05, 0.1) is 39.1 Å². The maximum atomic E-state index is 6.87. The first-order chi connectivity index (χ1) is 74.3. The zero-order valence-corrected chi connectivity index (χ0v) is 81.9. The molecule has 4 heterocycles. The summed E-state index contributed by atoms with van der Waals surface area (Å²) < 4.78 is 18.4. The first-order valence-electron chi connectivity index (χ1n) is 51.4. The Morgan fingerprint density at radius 3 is 0.873 bits per heavy atom. The zero-order chi connectivity index (χ0) is 99.1.